The van der Waals surface area contributed by atoms with Gasteiger partial charge in [-0.05, 0) is 67.2 Å². The predicted octanol–water partition coefficient (Wildman–Crippen LogP) is 4.36. The Hall–Kier alpha value is -0.180. The summed E-state index contributed by atoms with van der Waals surface area (Å²) < 4.78 is 4.73. The summed E-state index contributed by atoms with van der Waals surface area (Å²) in [5, 5.41) is 7.25. The summed E-state index contributed by atoms with van der Waals surface area (Å²) in [6.45, 7) is 3.36. The molecule has 8 heteroatoms. The van der Waals surface area contributed by atoms with Gasteiger partial charge in [0, 0.05) is 23.8 Å². The summed E-state index contributed by atoms with van der Waals surface area (Å²) in [6.07, 6.45) is 2.79. The number of hydrogen-bond acceptors (Lipinski definition) is 3. The van der Waals surface area contributed by atoms with Gasteiger partial charge in [-0.15, -0.1) is 11.3 Å². The second-order valence-corrected chi connectivity index (χ2v) is 8.25. The zero-order valence-corrected chi connectivity index (χ0v) is 16.2. The lowest BCUT2D eigenvalue weighted by Gasteiger charge is -2.03. The Balaban J connectivity index is 1.77. The number of nitrogens with one attached hydrogen (secondary N) is 1. The van der Waals surface area contributed by atoms with Crippen LogP contribution in [0.3, 0.4) is 0 Å². The molecule has 1 N–H and O–H groups in total. The Morgan fingerprint density at radius 1 is 1.40 bits per heavy atom. The fraction of sp³-hybridized carbons (Fsp3) is 0.333. The molecule has 0 unspecified atom stereocenters. The van der Waals surface area contributed by atoms with Crippen molar-refractivity contribution in [3.8, 4) is 0 Å². The number of hydrogen-bond donors (Lipinski definition) is 1. The van der Waals surface area contributed by atoms with Gasteiger partial charge in [-0.25, -0.2) is 0 Å². The van der Waals surface area contributed by atoms with Gasteiger partial charge in [0.25, 0.3) is 5.91 Å². The first-order valence-electron chi connectivity index (χ1n) is 5.90. The first kappa shape index (κ1) is 16.2. The van der Waals surface area contributed by atoms with Gasteiger partial charge >= 0.3 is 0 Å². The molecule has 2 rings (SSSR count). The van der Waals surface area contributed by atoms with E-state index in [1.54, 1.807) is 0 Å². The highest BCUT2D eigenvalue weighted by Crippen LogP contribution is 2.32. The lowest BCUT2D eigenvalue weighted by Crippen LogP contribution is -2.24. The molecule has 2 aromatic rings. The summed E-state index contributed by atoms with van der Waals surface area (Å²) in [4.78, 5) is 12.6. The highest BCUT2D eigenvalue weighted by molar-refractivity contribution is 9.13. The molecule has 1 amide bonds. The van der Waals surface area contributed by atoms with Crippen molar-refractivity contribution in [3.05, 3.63) is 35.6 Å². The van der Waals surface area contributed by atoms with Crippen LogP contribution in [0.4, 0.5) is 0 Å². The van der Waals surface area contributed by atoms with E-state index in [0.717, 1.165) is 31.4 Å². The largest absolute Gasteiger partial charge is 0.351 e. The van der Waals surface area contributed by atoms with E-state index >= 15 is 0 Å². The third kappa shape index (κ3) is 4.16. The van der Waals surface area contributed by atoms with Crippen LogP contribution >= 0.6 is 59.1 Å². The van der Waals surface area contributed by atoms with Crippen molar-refractivity contribution in [2.75, 3.05) is 6.54 Å². The Morgan fingerprint density at radius 3 is 2.70 bits per heavy atom. The lowest BCUT2D eigenvalue weighted by molar-refractivity contribution is 0.0956. The molecule has 0 atom stereocenters. The van der Waals surface area contributed by atoms with Crippen molar-refractivity contribution in [1.82, 2.24) is 15.1 Å². The van der Waals surface area contributed by atoms with Gasteiger partial charge < -0.3 is 5.32 Å². The molecular formula is C12H12Br3N3OS. The van der Waals surface area contributed by atoms with Crippen LogP contribution < -0.4 is 5.32 Å². The summed E-state index contributed by atoms with van der Waals surface area (Å²) in [7, 11) is 0. The Morgan fingerprint density at radius 2 is 2.15 bits per heavy atom. The average molecular weight is 486 g/mol. The number of aryl methyl sites for hydroxylation is 2. The van der Waals surface area contributed by atoms with Crippen LogP contribution in [0.25, 0.3) is 0 Å². The molecule has 0 spiro atoms. The molecule has 0 aromatic carbocycles. The zero-order chi connectivity index (χ0) is 14.7. The third-order valence-corrected chi connectivity index (χ3v) is 6.64. The quantitative estimate of drug-likeness (QED) is 0.640. The first-order chi connectivity index (χ1) is 9.47. The molecule has 0 aliphatic carbocycles. The van der Waals surface area contributed by atoms with E-state index in [2.05, 4.69) is 58.2 Å². The maximum Gasteiger partial charge on any atom is 0.261 e. The van der Waals surface area contributed by atoms with Gasteiger partial charge in [0.1, 0.15) is 0 Å². The van der Waals surface area contributed by atoms with Crippen LogP contribution in [0.15, 0.2) is 25.0 Å². The number of carbonyl (C=O) groups excluding carboxylic acids is 1. The number of carbonyl (C=O) groups is 1. The Bertz CT molecular complexity index is 584. The second kappa shape index (κ2) is 7.20. The number of thiophene rings is 1. The van der Waals surface area contributed by atoms with Crippen LogP contribution in [0.1, 0.15) is 21.8 Å². The normalized spacial score (nSPS) is 10.8. The Kier molecular flexibility index (Phi) is 5.83. The molecule has 2 heterocycles. The number of nitrogens with zero attached hydrogens (tertiary/aromatic N) is 2. The monoisotopic (exact) mass is 483 g/mol. The van der Waals surface area contributed by atoms with E-state index in [4.69, 9.17) is 0 Å². The summed E-state index contributed by atoms with van der Waals surface area (Å²) >= 11 is 11.6. The highest BCUT2D eigenvalue weighted by atomic mass is 79.9. The molecule has 2 aromatic heterocycles. The van der Waals surface area contributed by atoms with Gasteiger partial charge in [-0.3, -0.25) is 9.48 Å². The second-order valence-electron chi connectivity index (χ2n) is 4.17. The molecule has 0 aliphatic heterocycles. The zero-order valence-electron chi connectivity index (χ0n) is 10.6. The van der Waals surface area contributed by atoms with Crippen LogP contribution in [-0.4, -0.2) is 22.2 Å². The van der Waals surface area contributed by atoms with Crippen molar-refractivity contribution >= 4 is 65.0 Å². The van der Waals surface area contributed by atoms with Gasteiger partial charge in [0.2, 0.25) is 0 Å². The first-order valence-corrected chi connectivity index (χ1v) is 9.09. The van der Waals surface area contributed by atoms with Crippen molar-refractivity contribution in [3.63, 3.8) is 0 Å². The number of rotatable bonds is 5. The lowest BCUT2D eigenvalue weighted by atomic mass is 10.4. The molecule has 20 heavy (non-hydrogen) atoms. The molecule has 0 aliphatic rings. The summed E-state index contributed by atoms with van der Waals surface area (Å²) in [5.74, 6) is -0.0424. The van der Waals surface area contributed by atoms with E-state index in [1.165, 1.54) is 11.3 Å². The van der Waals surface area contributed by atoms with Gasteiger partial charge in [0.15, 0.2) is 0 Å². The van der Waals surface area contributed by atoms with E-state index in [1.807, 2.05) is 23.9 Å². The number of amides is 1. The Labute approximate surface area is 146 Å². The van der Waals surface area contributed by atoms with Gasteiger partial charge in [-0.1, -0.05) is 0 Å². The minimum Gasteiger partial charge on any atom is -0.351 e. The van der Waals surface area contributed by atoms with Crippen LogP contribution in [-0.2, 0) is 6.54 Å². The molecule has 0 saturated heterocycles. The van der Waals surface area contributed by atoms with Crippen LogP contribution in [0, 0.1) is 6.92 Å². The van der Waals surface area contributed by atoms with Crippen LogP contribution in [0.2, 0.25) is 0 Å². The fourth-order valence-electron chi connectivity index (χ4n) is 1.60. The molecule has 108 valence electrons. The van der Waals surface area contributed by atoms with E-state index in [0.29, 0.717) is 11.4 Å². The van der Waals surface area contributed by atoms with Crippen LogP contribution in [0.5, 0.6) is 0 Å². The fourth-order valence-corrected chi connectivity index (χ4v) is 3.86. The minimum absolute atomic E-state index is 0.0424. The number of aromatic nitrogens is 2. The minimum atomic E-state index is -0.0424. The van der Waals surface area contributed by atoms with Gasteiger partial charge in [-0.2, -0.15) is 5.10 Å². The van der Waals surface area contributed by atoms with E-state index < -0.39 is 0 Å². The molecular weight excluding hydrogens is 474 g/mol. The molecule has 0 bridgehead atoms. The predicted molar refractivity (Wildman–Crippen MR) is 91.3 cm³/mol. The molecule has 4 nitrogen and oxygen atoms in total. The van der Waals surface area contributed by atoms with Crippen molar-refractivity contribution in [2.45, 2.75) is 19.9 Å². The van der Waals surface area contributed by atoms with E-state index in [9.17, 15) is 4.79 Å². The molecule has 0 radical (unpaired) electrons. The average Bonchev–Trinajstić information content (AvgIpc) is 2.89. The standard InChI is InChI=1S/C12H12Br3N3OS/c1-7-9(14)6-18(17-7)4-2-3-16-12(19)10-5-8(13)11(15)20-10/h5-6H,2-4H2,1H3,(H,16,19). The van der Waals surface area contributed by atoms with Crippen molar-refractivity contribution < 1.29 is 4.79 Å². The molecule has 0 fully saturated rings. The maximum absolute atomic E-state index is 11.9. The SMILES string of the molecule is Cc1nn(CCCNC(=O)c2cc(Br)c(Br)s2)cc1Br. The molecule has 0 saturated carbocycles. The smallest absolute Gasteiger partial charge is 0.261 e. The third-order valence-electron chi connectivity index (χ3n) is 2.60. The highest BCUT2D eigenvalue weighted by Gasteiger charge is 2.11. The maximum atomic E-state index is 11.9. The summed E-state index contributed by atoms with van der Waals surface area (Å²) in [5.41, 5.74) is 0.974. The number of halogens is 3. The summed E-state index contributed by atoms with van der Waals surface area (Å²) in [6, 6.07) is 1.82. The van der Waals surface area contributed by atoms with Crippen molar-refractivity contribution in [1.29, 1.82) is 0 Å². The van der Waals surface area contributed by atoms with Crippen molar-refractivity contribution in [2.24, 2.45) is 0 Å². The van der Waals surface area contributed by atoms with Gasteiger partial charge in [0.05, 0.1) is 18.8 Å². The topological polar surface area (TPSA) is 46.9 Å². The van der Waals surface area contributed by atoms with E-state index in [-0.39, 0.29) is 5.91 Å².